The molecule has 2 aromatic rings. The average Bonchev–Trinajstić information content (AvgIpc) is 3.03. The second-order valence-corrected chi connectivity index (χ2v) is 9.68. The number of nitrogens with zero attached hydrogens (tertiary/aromatic N) is 2. The third-order valence-electron chi connectivity index (χ3n) is 5.99. The van der Waals surface area contributed by atoms with E-state index in [0.29, 0.717) is 17.9 Å². The Bertz CT molecular complexity index is 1150. The van der Waals surface area contributed by atoms with Crippen LogP contribution in [0.5, 0.6) is 0 Å². The molecule has 1 aliphatic carbocycles. The Hall–Kier alpha value is -2.12. The van der Waals surface area contributed by atoms with Crippen LogP contribution in [0.3, 0.4) is 0 Å². The number of rotatable bonds is 5. The first-order chi connectivity index (χ1) is 15.7. The summed E-state index contributed by atoms with van der Waals surface area (Å²) in [6, 6.07) is 8.51. The van der Waals surface area contributed by atoms with Gasteiger partial charge in [-0.1, -0.05) is 59.2 Å². The number of hydrazine groups is 1. The van der Waals surface area contributed by atoms with Gasteiger partial charge in [-0.2, -0.15) is 5.01 Å². The standard InChI is InChI=1S/C23H18Cl4N2O4/c24-13-6-7-16(18(26)10-13)20(30)11-28(21(31)12-5-8-17(25)19(27)9-12)29-22(32)14-3-1-2-4-15(14)23(29)33/h5-10,14-15H,1-4,11H2/t14-,15+. The number of imide groups is 1. The largest absolute Gasteiger partial charge is 0.292 e. The maximum absolute atomic E-state index is 13.5. The van der Waals surface area contributed by atoms with E-state index in [-0.39, 0.29) is 26.2 Å². The van der Waals surface area contributed by atoms with Gasteiger partial charge in [0.25, 0.3) is 17.7 Å². The molecule has 0 unspecified atom stereocenters. The molecule has 0 N–H and O–H groups in total. The van der Waals surface area contributed by atoms with Crippen molar-refractivity contribution in [3.63, 3.8) is 0 Å². The molecule has 2 fully saturated rings. The second-order valence-electron chi connectivity index (χ2n) is 8.02. The highest BCUT2D eigenvalue weighted by Gasteiger charge is 2.51. The van der Waals surface area contributed by atoms with Crippen LogP contribution in [0.1, 0.15) is 46.4 Å². The molecule has 0 bridgehead atoms. The van der Waals surface area contributed by atoms with Crippen LogP contribution in [0, 0.1) is 11.8 Å². The molecular weight excluding hydrogens is 510 g/mol. The highest BCUT2D eigenvalue weighted by molar-refractivity contribution is 6.42. The van der Waals surface area contributed by atoms with Crippen LogP contribution in [-0.4, -0.2) is 40.1 Å². The molecule has 33 heavy (non-hydrogen) atoms. The first-order valence-electron chi connectivity index (χ1n) is 10.3. The van der Waals surface area contributed by atoms with Gasteiger partial charge in [-0.05, 0) is 49.2 Å². The van der Waals surface area contributed by atoms with Gasteiger partial charge < -0.3 is 0 Å². The molecule has 0 spiro atoms. The summed E-state index contributed by atoms with van der Waals surface area (Å²) in [5.74, 6) is -3.23. The van der Waals surface area contributed by atoms with Crippen molar-refractivity contribution in [3.05, 3.63) is 67.6 Å². The molecule has 1 heterocycles. The smallest absolute Gasteiger partial charge is 0.273 e. The second kappa shape index (κ2) is 9.63. The molecule has 172 valence electrons. The molecule has 0 aromatic heterocycles. The molecule has 6 nitrogen and oxygen atoms in total. The predicted octanol–water partition coefficient (Wildman–Crippen LogP) is 5.72. The Morgan fingerprint density at radius 1 is 0.848 bits per heavy atom. The average molecular weight is 528 g/mol. The van der Waals surface area contributed by atoms with Crippen molar-refractivity contribution in [2.24, 2.45) is 11.8 Å². The van der Waals surface area contributed by atoms with Gasteiger partial charge in [0.15, 0.2) is 5.78 Å². The van der Waals surface area contributed by atoms with Crippen LogP contribution in [0.4, 0.5) is 0 Å². The van der Waals surface area contributed by atoms with E-state index in [4.69, 9.17) is 46.4 Å². The molecule has 3 amide bonds. The lowest BCUT2D eigenvalue weighted by Crippen LogP contribution is -2.52. The number of benzene rings is 2. The van der Waals surface area contributed by atoms with Crippen LogP contribution in [-0.2, 0) is 9.59 Å². The lowest BCUT2D eigenvalue weighted by atomic mass is 9.81. The normalized spacial score (nSPS) is 20.1. The van der Waals surface area contributed by atoms with Crippen molar-refractivity contribution < 1.29 is 19.2 Å². The molecule has 2 aliphatic rings. The number of hydrogen-bond acceptors (Lipinski definition) is 4. The van der Waals surface area contributed by atoms with E-state index in [2.05, 4.69) is 0 Å². The molecule has 0 radical (unpaired) electrons. The van der Waals surface area contributed by atoms with Crippen molar-refractivity contribution >= 4 is 69.9 Å². The summed E-state index contributed by atoms with van der Waals surface area (Å²) in [6.07, 6.45) is 2.79. The van der Waals surface area contributed by atoms with Crippen LogP contribution >= 0.6 is 46.4 Å². The summed E-state index contributed by atoms with van der Waals surface area (Å²) < 4.78 is 0. The number of fused-ring (bicyclic) bond motifs is 1. The van der Waals surface area contributed by atoms with Crippen molar-refractivity contribution in [1.82, 2.24) is 10.0 Å². The summed E-state index contributed by atoms with van der Waals surface area (Å²) in [5.41, 5.74) is 0.194. The third-order valence-corrected chi connectivity index (χ3v) is 7.27. The fourth-order valence-corrected chi connectivity index (χ4v) is 5.14. The van der Waals surface area contributed by atoms with E-state index in [9.17, 15) is 19.2 Å². The zero-order valence-electron chi connectivity index (χ0n) is 17.2. The Morgan fingerprint density at radius 3 is 2.06 bits per heavy atom. The highest BCUT2D eigenvalue weighted by Crippen LogP contribution is 2.39. The number of carbonyl (C=O) groups excluding carboxylic acids is 4. The summed E-state index contributed by atoms with van der Waals surface area (Å²) >= 11 is 24.1. The summed E-state index contributed by atoms with van der Waals surface area (Å²) in [7, 11) is 0. The molecule has 2 atom stereocenters. The highest BCUT2D eigenvalue weighted by atomic mass is 35.5. The Labute approximate surface area is 210 Å². The van der Waals surface area contributed by atoms with E-state index in [1.165, 1.54) is 36.4 Å². The van der Waals surface area contributed by atoms with Gasteiger partial charge in [-0.25, -0.2) is 5.01 Å². The molecule has 4 rings (SSSR count). The Kier molecular flexibility index (Phi) is 7.01. The lowest BCUT2D eigenvalue weighted by molar-refractivity contribution is -0.154. The fourth-order valence-electron chi connectivity index (χ4n) is 4.33. The van der Waals surface area contributed by atoms with E-state index < -0.39 is 41.9 Å². The van der Waals surface area contributed by atoms with Gasteiger partial charge >= 0.3 is 0 Å². The zero-order chi connectivity index (χ0) is 23.9. The van der Waals surface area contributed by atoms with Gasteiger partial charge in [0.2, 0.25) is 0 Å². The number of carbonyl (C=O) groups is 4. The fraction of sp³-hybridized carbons (Fsp3) is 0.304. The number of Topliss-reactive ketones (excluding diaryl/α,β-unsaturated/α-hetero) is 1. The van der Waals surface area contributed by atoms with Crippen molar-refractivity contribution in [2.75, 3.05) is 6.54 Å². The topological polar surface area (TPSA) is 74.8 Å². The Morgan fingerprint density at radius 2 is 1.48 bits per heavy atom. The maximum atomic E-state index is 13.5. The molecule has 10 heteroatoms. The number of ketones is 1. The van der Waals surface area contributed by atoms with Gasteiger partial charge in [-0.15, -0.1) is 0 Å². The minimum atomic E-state index is -0.729. The van der Waals surface area contributed by atoms with Gasteiger partial charge in [0.1, 0.15) is 6.54 Å². The third kappa shape index (κ3) is 4.62. The number of amides is 3. The maximum Gasteiger partial charge on any atom is 0.273 e. The number of halogens is 4. The first kappa shape index (κ1) is 24.0. The molecule has 1 aliphatic heterocycles. The van der Waals surface area contributed by atoms with E-state index in [0.717, 1.165) is 22.9 Å². The van der Waals surface area contributed by atoms with Crippen LogP contribution in [0.25, 0.3) is 0 Å². The molecule has 1 saturated heterocycles. The molecule has 2 aromatic carbocycles. The van der Waals surface area contributed by atoms with E-state index >= 15 is 0 Å². The quantitative estimate of drug-likeness (QED) is 0.368. The number of hydrogen-bond donors (Lipinski definition) is 0. The van der Waals surface area contributed by atoms with Crippen molar-refractivity contribution in [3.8, 4) is 0 Å². The van der Waals surface area contributed by atoms with Gasteiger partial charge in [0.05, 0.1) is 26.9 Å². The minimum absolute atomic E-state index is 0.0786. The summed E-state index contributed by atoms with van der Waals surface area (Å²) in [5, 5.41) is 2.52. The van der Waals surface area contributed by atoms with E-state index in [1.54, 1.807) is 0 Å². The predicted molar refractivity (Wildman–Crippen MR) is 126 cm³/mol. The monoisotopic (exact) mass is 526 g/mol. The lowest BCUT2D eigenvalue weighted by Gasteiger charge is -2.30. The Balaban J connectivity index is 1.72. The van der Waals surface area contributed by atoms with Crippen LogP contribution in [0.2, 0.25) is 20.1 Å². The van der Waals surface area contributed by atoms with Crippen LogP contribution in [0.15, 0.2) is 36.4 Å². The summed E-state index contributed by atoms with van der Waals surface area (Å²) in [4.78, 5) is 53.0. The van der Waals surface area contributed by atoms with Gasteiger partial charge in [-0.3, -0.25) is 19.2 Å². The van der Waals surface area contributed by atoms with Crippen molar-refractivity contribution in [1.29, 1.82) is 0 Å². The van der Waals surface area contributed by atoms with Crippen molar-refractivity contribution in [2.45, 2.75) is 25.7 Å². The van der Waals surface area contributed by atoms with Gasteiger partial charge in [0, 0.05) is 16.1 Å². The molecule has 1 saturated carbocycles. The van der Waals surface area contributed by atoms with E-state index in [1.807, 2.05) is 0 Å². The summed E-state index contributed by atoms with van der Waals surface area (Å²) in [6.45, 7) is -0.572. The SMILES string of the molecule is O=C(CN(C(=O)c1ccc(Cl)c(Cl)c1)N1C(=O)[C@H]2CCCC[C@H]2C1=O)c1ccc(Cl)cc1Cl. The molecular formula is C23H18Cl4N2O4. The zero-order valence-corrected chi connectivity index (χ0v) is 20.2. The minimum Gasteiger partial charge on any atom is -0.292 e. The van der Waals surface area contributed by atoms with Crippen LogP contribution < -0.4 is 0 Å². The first-order valence-corrected chi connectivity index (χ1v) is 11.8.